The summed E-state index contributed by atoms with van der Waals surface area (Å²) in [6.07, 6.45) is 0. The lowest BCUT2D eigenvalue weighted by Crippen LogP contribution is -2.11. The highest BCUT2D eigenvalue weighted by Crippen LogP contribution is 2.14. The second-order valence-corrected chi connectivity index (χ2v) is 4.48. The normalized spacial score (nSPS) is 10.2. The summed E-state index contributed by atoms with van der Waals surface area (Å²) in [4.78, 5) is 28.5. The number of fused-ring (bicyclic) bond motifs is 1. The Balaban J connectivity index is 1.85. The highest BCUT2D eigenvalue weighted by Gasteiger charge is 2.08. The summed E-state index contributed by atoms with van der Waals surface area (Å²) in [6, 6.07) is 13.5. The van der Waals surface area contributed by atoms with E-state index in [0.29, 0.717) is 27.8 Å². The lowest BCUT2D eigenvalue weighted by molar-refractivity contribution is 0.102. The van der Waals surface area contributed by atoms with Gasteiger partial charge in [-0.25, -0.2) is 4.79 Å². The molecule has 0 fully saturated rings. The molecule has 21 heavy (non-hydrogen) atoms. The predicted molar refractivity (Wildman–Crippen MR) is 78.0 cm³/mol. The van der Waals surface area contributed by atoms with Crippen LogP contribution in [0, 0.1) is 11.3 Å². The molecule has 0 radical (unpaired) electrons. The molecule has 3 rings (SSSR count). The number of nitrogens with zero attached hydrogens (tertiary/aromatic N) is 1. The fourth-order valence-corrected chi connectivity index (χ4v) is 2.01. The Hall–Kier alpha value is -3.33. The standard InChI is InChI=1S/C15H10N4O2/c16-8-9-1-4-11(5-2-9)17-14(20)10-3-6-12-13(7-10)19-15(21)18-12/h1-7H,(H,17,20)(H2,18,19,21). The zero-order valence-electron chi connectivity index (χ0n) is 10.8. The van der Waals surface area contributed by atoms with Gasteiger partial charge in [0.25, 0.3) is 5.91 Å². The van der Waals surface area contributed by atoms with Gasteiger partial charge in [0, 0.05) is 11.3 Å². The molecule has 3 N–H and O–H groups in total. The number of benzene rings is 2. The van der Waals surface area contributed by atoms with Crippen molar-refractivity contribution >= 4 is 22.6 Å². The van der Waals surface area contributed by atoms with Crippen LogP contribution in [0.5, 0.6) is 0 Å². The van der Waals surface area contributed by atoms with Gasteiger partial charge in [-0.15, -0.1) is 0 Å². The van der Waals surface area contributed by atoms with E-state index in [0.717, 1.165) is 0 Å². The molecule has 0 saturated heterocycles. The van der Waals surface area contributed by atoms with E-state index in [1.807, 2.05) is 6.07 Å². The van der Waals surface area contributed by atoms with Crippen LogP contribution in [0.25, 0.3) is 11.0 Å². The summed E-state index contributed by atoms with van der Waals surface area (Å²) >= 11 is 0. The zero-order chi connectivity index (χ0) is 14.8. The number of anilines is 1. The quantitative estimate of drug-likeness (QED) is 0.668. The van der Waals surface area contributed by atoms with E-state index in [9.17, 15) is 9.59 Å². The molecular weight excluding hydrogens is 268 g/mol. The Kier molecular flexibility index (Phi) is 3.01. The molecule has 6 heteroatoms. The maximum absolute atomic E-state index is 12.1. The summed E-state index contributed by atoms with van der Waals surface area (Å²) in [5.74, 6) is -0.288. The first kappa shape index (κ1) is 12.7. The Labute approximate surface area is 119 Å². The van der Waals surface area contributed by atoms with Crippen LogP contribution in [0.1, 0.15) is 15.9 Å². The van der Waals surface area contributed by atoms with Crippen LogP contribution < -0.4 is 11.0 Å². The molecule has 0 atom stereocenters. The van der Waals surface area contributed by atoms with E-state index < -0.39 is 0 Å². The fraction of sp³-hybridized carbons (Fsp3) is 0. The Bertz CT molecular complexity index is 913. The van der Waals surface area contributed by atoms with E-state index in [1.54, 1.807) is 42.5 Å². The number of rotatable bonds is 2. The number of H-pyrrole nitrogens is 2. The van der Waals surface area contributed by atoms with Crippen LogP contribution in [0.15, 0.2) is 47.3 Å². The first-order valence-electron chi connectivity index (χ1n) is 6.19. The lowest BCUT2D eigenvalue weighted by Gasteiger charge is -2.05. The van der Waals surface area contributed by atoms with E-state index in [2.05, 4.69) is 15.3 Å². The third-order valence-corrected chi connectivity index (χ3v) is 3.05. The van der Waals surface area contributed by atoms with Gasteiger partial charge in [0.05, 0.1) is 22.7 Å². The molecule has 1 aromatic heterocycles. The first-order valence-corrected chi connectivity index (χ1v) is 6.19. The highest BCUT2D eigenvalue weighted by molar-refractivity contribution is 6.05. The summed E-state index contributed by atoms with van der Waals surface area (Å²) in [6.45, 7) is 0. The predicted octanol–water partition coefficient (Wildman–Crippen LogP) is 1.98. The van der Waals surface area contributed by atoms with Gasteiger partial charge in [-0.1, -0.05) is 0 Å². The molecule has 0 bridgehead atoms. The van der Waals surface area contributed by atoms with Crippen molar-refractivity contribution in [3.8, 4) is 6.07 Å². The van der Waals surface area contributed by atoms with Crippen molar-refractivity contribution in [2.24, 2.45) is 0 Å². The van der Waals surface area contributed by atoms with Crippen molar-refractivity contribution in [2.75, 3.05) is 5.32 Å². The SMILES string of the molecule is N#Cc1ccc(NC(=O)c2ccc3[nH]c(=O)[nH]c3c2)cc1. The first-order chi connectivity index (χ1) is 10.2. The van der Waals surface area contributed by atoms with Crippen LogP contribution >= 0.6 is 0 Å². The Morgan fingerprint density at radius 3 is 2.48 bits per heavy atom. The maximum Gasteiger partial charge on any atom is 0.323 e. The fourth-order valence-electron chi connectivity index (χ4n) is 2.01. The number of hydrogen-bond acceptors (Lipinski definition) is 3. The molecule has 0 saturated carbocycles. The van der Waals surface area contributed by atoms with E-state index >= 15 is 0 Å². The molecule has 0 spiro atoms. The second-order valence-electron chi connectivity index (χ2n) is 4.48. The van der Waals surface area contributed by atoms with Crippen molar-refractivity contribution in [3.05, 3.63) is 64.1 Å². The van der Waals surface area contributed by atoms with Gasteiger partial charge in [-0.2, -0.15) is 5.26 Å². The summed E-state index contributed by atoms with van der Waals surface area (Å²) in [7, 11) is 0. The molecule has 2 aromatic carbocycles. The molecule has 0 aliphatic heterocycles. The highest BCUT2D eigenvalue weighted by atomic mass is 16.2. The van der Waals surface area contributed by atoms with Gasteiger partial charge in [-0.3, -0.25) is 4.79 Å². The lowest BCUT2D eigenvalue weighted by atomic mass is 10.1. The van der Waals surface area contributed by atoms with E-state index in [1.165, 1.54) is 0 Å². The third-order valence-electron chi connectivity index (χ3n) is 3.05. The summed E-state index contributed by atoms with van der Waals surface area (Å²) in [5.41, 5.74) is 2.47. The van der Waals surface area contributed by atoms with Gasteiger partial charge in [0.15, 0.2) is 0 Å². The molecule has 1 heterocycles. The minimum absolute atomic E-state index is 0.288. The minimum atomic E-state index is -0.311. The third kappa shape index (κ3) is 2.53. The Morgan fingerprint density at radius 1 is 1.05 bits per heavy atom. The molecule has 0 aliphatic rings. The van der Waals surface area contributed by atoms with Gasteiger partial charge < -0.3 is 15.3 Å². The largest absolute Gasteiger partial charge is 0.323 e. The molecule has 0 aliphatic carbocycles. The van der Waals surface area contributed by atoms with Gasteiger partial charge in [0.2, 0.25) is 0 Å². The molecule has 3 aromatic rings. The van der Waals surface area contributed by atoms with Crippen LogP contribution in [-0.4, -0.2) is 15.9 Å². The minimum Gasteiger partial charge on any atom is -0.322 e. The number of carbonyl (C=O) groups excluding carboxylic acids is 1. The van der Waals surface area contributed by atoms with Crippen LogP contribution in [-0.2, 0) is 0 Å². The van der Waals surface area contributed by atoms with Crippen molar-refractivity contribution < 1.29 is 4.79 Å². The number of hydrogen-bond donors (Lipinski definition) is 3. The van der Waals surface area contributed by atoms with Gasteiger partial charge in [0.1, 0.15) is 0 Å². The van der Waals surface area contributed by atoms with Crippen LogP contribution in [0.3, 0.4) is 0 Å². The van der Waals surface area contributed by atoms with Crippen molar-refractivity contribution in [2.45, 2.75) is 0 Å². The van der Waals surface area contributed by atoms with Crippen molar-refractivity contribution in [1.29, 1.82) is 5.26 Å². The summed E-state index contributed by atoms with van der Waals surface area (Å²) in [5, 5.41) is 11.5. The summed E-state index contributed by atoms with van der Waals surface area (Å²) < 4.78 is 0. The molecule has 0 unspecified atom stereocenters. The van der Waals surface area contributed by atoms with E-state index in [-0.39, 0.29) is 11.6 Å². The number of nitriles is 1. The van der Waals surface area contributed by atoms with Crippen LogP contribution in [0.2, 0.25) is 0 Å². The van der Waals surface area contributed by atoms with Gasteiger partial charge in [-0.05, 0) is 42.5 Å². The van der Waals surface area contributed by atoms with Crippen molar-refractivity contribution in [1.82, 2.24) is 9.97 Å². The average molecular weight is 278 g/mol. The monoisotopic (exact) mass is 278 g/mol. The number of carbonyl (C=O) groups is 1. The molecule has 1 amide bonds. The van der Waals surface area contributed by atoms with Crippen LogP contribution in [0.4, 0.5) is 5.69 Å². The smallest absolute Gasteiger partial charge is 0.322 e. The number of nitrogens with one attached hydrogen (secondary N) is 3. The van der Waals surface area contributed by atoms with Crippen molar-refractivity contribution in [3.63, 3.8) is 0 Å². The topological polar surface area (TPSA) is 102 Å². The average Bonchev–Trinajstić information content (AvgIpc) is 2.87. The van der Waals surface area contributed by atoms with E-state index in [4.69, 9.17) is 5.26 Å². The molecule has 6 nitrogen and oxygen atoms in total. The molecule has 102 valence electrons. The number of aromatic amines is 2. The number of aromatic nitrogens is 2. The van der Waals surface area contributed by atoms with Gasteiger partial charge >= 0.3 is 5.69 Å². The molecular formula is C15H10N4O2. The number of amides is 1. The Morgan fingerprint density at radius 2 is 1.76 bits per heavy atom. The maximum atomic E-state index is 12.1. The second kappa shape index (κ2) is 4.98. The number of imidazole rings is 1. The zero-order valence-corrected chi connectivity index (χ0v) is 10.8.